The van der Waals surface area contributed by atoms with Gasteiger partial charge in [-0.1, -0.05) is 79.2 Å². The summed E-state index contributed by atoms with van der Waals surface area (Å²) in [6.07, 6.45) is 0.594. The summed E-state index contributed by atoms with van der Waals surface area (Å²) in [5, 5.41) is 13.8. The predicted molar refractivity (Wildman–Crippen MR) is 126 cm³/mol. The molecule has 3 aromatic rings. The number of hydrazine groups is 1. The van der Waals surface area contributed by atoms with Crippen molar-refractivity contribution in [1.29, 1.82) is 0 Å². The molecule has 4 rings (SSSR count). The second-order valence-electron chi connectivity index (χ2n) is 7.60. The van der Waals surface area contributed by atoms with Crippen molar-refractivity contribution in [3.05, 3.63) is 112 Å². The second kappa shape index (κ2) is 9.90. The van der Waals surface area contributed by atoms with Gasteiger partial charge in [-0.15, -0.1) is 0 Å². The van der Waals surface area contributed by atoms with Crippen LogP contribution in [-0.4, -0.2) is 17.1 Å². The number of nitrogens with zero attached hydrogens (tertiary/aromatic N) is 1. The van der Waals surface area contributed by atoms with E-state index in [9.17, 15) is 9.90 Å². The quantitative estimate of drug-likeness (QED) is 0.471. The van der Waals surface area contributed by atoms with Gasteiger partial charge in [0.05, 0.1) is 17.3 Å². The molecule has 1 heterocycles. The Morgan fingerprint density at radius 2 is 1.62 bits per heavy atom. The van der Waals surface area contributed by atoms with Gasteiger partial charge in [-0.3, -0.25) is 5.01 Å². The number of aliphatic hydroxyl groups is 1. The van der Waals surface area contributed by atoms with Crippen LogP contribution in [0.4, 0.5) is 5.69 Å². The van der Waals surface area contributed by atoms with Gasteiger partial charge in [0.1, 0.15) is 18.4 Å². The molecular formula is C26H25ClN2O3. The zero-order valence-corrected chi connectivity index (χ0v) is 18.5. The average Bonchev–Trinajstić information content (AvgIpc) is 2.83. The number of ether oxygens (including phenoxy) is 1. The number of benzene rings is 3. The Hall–Kier alpha value is -3.28. The van der Waals surface area contributed by atoms with Crippen LogP contribution in [0.25, 0.3) is 0 Å². The summed E-state index contributed by atoms with van der Waals surface area (Å²) in [5.41, 5.74) is 6.21. The normalized spacial score (nSPS) is 18.5. The third-order valence-electron chi connectivity index (χ3n) is 5.52. The van der Waals surface area contributed by atoms with Gasteiger partial charge in [-0.2, -0.15) is 0 Å². The van der Waals surface area contributed by atoms with Crippen molar-refractivity contribution >= 4 is 23.3 Å². The molecule has 1 aliphatic heterocycles. The number of aliphatic hydroxyl groups excluding tert-OH is 1. The van der Waals surface area contributed by atoms with E-state index < -0.39 is 18.1 Å². The molecule has 0 saturated carbocycles. The van der Waals surface area contributed by atoms with Crippen molar-refractivity contribution in [2.45, 2.75) is 32.0 Å². The molecule has 0 aromatic heterocycles. The van der Waals surface area contributed by atoms with E-state index in [1.54, 1.807) is 12.1 Å². The summed E-state index contributed by atoms with van der Waals surface area (Å²) in [6.45, 7) is 2.09. The average molecular weight is 449 g/mol. The van der Waals surface area contributed by atoms with Crippen LogP contribution in [0.5, 0.6) is 0 Å². The summed E-state index contributed by atoms with van der Waals surface area (Å²) >= 11 is 6.08. The third kappa shape index (κ3) is 4.64. The third-order valence-corrected chi connectivity index (χ3v) is 5.77. The first-order valence-electron chi connectivity index (χ1n) is 10.6. The van der Waals surface area contributed by atoms with Crippen LogP contribution < -0.4 is 10.4 Å². The Morgan fingerprint density at radius 3 is 2.25 bits per heavy atom. The van der Waals surface area contributed by atoms with Crippen molar-refractivity contribution < 1.29 is 14.6 Å². The highest BCUT2D eigenvalue weighted by Crippen LogP contribution is 2.35. The Balaban J connectivity index is 1.72. The van der Waals surface area contributed by atoms with E-state index in [4.69, 9.17) is 16.3 Å². The SMILES string of the molecule is CC[C@@H]1C(O)=C(C(=O)OCc2ccccc2)[C@H](c2ccc(Cl)cc2)NN1c1ccccc1. The highest BCUT2D eigenvalue weighted by atomic mass is 35.5. The Labute approximate surface area is 192 Å². The minimum Gasteiger partial charge on any atom is -0.509 e. The molecule has 0 fully saturated rings. The number of carbonyl (C=O) groups is 1. The maximum absolute atomic E-state index is 13.2. The minimum absolute atomic E-state index is 0.00751. The molecule has 0 radical (unpaired) electrons. The van der Waals surface area contributed by atoms with Gasteiger partial charge in [-0.05, 0) is 41.8 Å². The molecule has 0 aliphatic carbocycles. The van der Waals surface area contributed by atoms with E-state index in [2.05, 4.69) is 5.43 Å². The van der Waals surface area contributed by atoms with Crippen LogP contribution in [0.15, 0.2) is 96.3 Å². The number of rotatable bonds is 6. The molecule has 1 aliphatic rings. The second-order valence-corrected chi connectivity index (χ2v) is 8.04. The molecule has 0 unspecified atom stereocenters. The van der Waals surface area contributed by atoms with Gasteiger partial charge in [-0.25, -0.2) is 10.2 Å². The summed E-state index contributed by atoms with van der Waals surface area (Å²) in [6, 6.07) is 25.4. The summed E-state index contributed by atoms with van der Waals surface area (Å²) in [4.78, 5) is 13.2. The first-order chi connectivity index (χ1) is 15.6. The lowest BCUT2D eigenvalue weighted by Gasteiger charge is -2.41. The van der Waals surface area contributed by atoms with Crippen molar-refractivity contribution in [2.24, 2.45) is 0 Å². The van der Waals surface area contributed by atoms with Gasteiger partial charge >= 0.3 is 5.97 Å². The zero-order valence-electron chi connectivity index (χ0n) is 17.7. The number of hydrogen-bond donors (Lipinski definition) is 2. The number of nitrogens with one attached hydrogen (secondary N) is 1. The minimum atomic E-state index is -0.599. The van der Waals surface area contributed by atoms with E-state index in [-0.39, 0.29) is 17.9 Å². The van der Waals surface area contributed by atoms with Crippen LogP contribution in [0.2, 0.25) is 5.02 Å². The number of para-hydroxylation sites is 1. The maximum Gasteiger partial charge on any atom is 0.339 e. The van der Waals surface area contributed by atoms with Gasteiger partial charge in [0.25, 0.3) is 0 Å². The topological polar surface area (TPSA) is 61.8 Å². The highest BCUT2D eigenvalue weighted by molar-refractivity contribution is 6.30. The van der Waals surface area contributed by atoms with E-state index in [1.165, 1.54) is 0 Å². The molecule has 3 aromatic carbocycles. The molecule has 0 saturated heterocycles. The lowest BCUT2D eigenvalue weighted by Crippen LogP contribution is -2.54. The monoisotopic (exact) mass is 448 g/mol. The van der Waals surface area contributed by atoms with Gasteiger partial charge < -0.3 is 9.84 Å². The van der Waals surface area contributed by atoms with Crippen molar-refractivity contribution in [1.82, 2.24) is 5.43 Å². The summed E-state index contributed by atoms with van der Waals surface area (Å²) < 4.78 is 5.61. The van der Waals surface area contributed by atoms with Crippen molar-refractivity contribution in [2.75, 3.05) is 5.01 Å². The fraction of sp³-hybridized carbons (Fsp3) is 0.192. The summed E-state index contributed by atoms with van der Waals surface area (Å²) in [5.74, 6) is -0.543. The molecule has 0 bridgehead atoms. The van der Waals surface area contributed by atoms with Crippen LogP contribution in [-0.2, 0) is 16.1 Å². The van der Waals surface area contributed by atoms with E-state index in [0.29, 0.717) is 11.4 Å². The molecule has 2 atom stereocenters. The number of esters is 1. The predicted octanol–water partition coefficient (Wildman–Crippen LogP) is 5.74. The molecule has 5 nitrogen and oxygen atoms in total. The number of anilines is 1. The van der Waals surface area contributed by atoms with Crippen LogP contribution in [0, 0.1) is 0 Å². The van der Waals surface area contributed by atoms with Gasteiger partial charge in [0.15, 0.2) is 0 Å². The van der Waals surface area contributed by atoms with E-state index in [0.717, 1.165) is 16.8 Å². The van der Waals surface area contributed by atoms with E-state index in [1.807, 2.05) is 84.7 Å². The van der Waals surface area contributed by atoms with Crippen LogP contribution in [0.1, 0.15) is 30.5 Å². The van der Waals surface area contributed by atoms with Gasteiger partial charge in [0.2, 0.25) is 0 Å². The number of carbonyl (C=O) groups excluding carboxylic acids is 1. The van der Waals surface area contributed by atoms with Crippen LogP contribution in [0.3, 0.4) is 0 Å². The molecule has 32 heavy (non-hydrogen) atoms. The highest BCUT2D eigenvalue weighted by Gasteiger charge is 2.39. The maximum atomic E-state index is 13.2. The fourth-order valence-electron chi connectivity index (χ4n) is 3.88. The number of halogens is 1. The molecule has 2 N–H and O–H groups in total. The largest absolute Gasteiger partial charge is 0.509 e. The molecular weight excluding hydrogens is 424 g/mol. The standard InChI is InChI=1S/C26H25ClN2O3/c1-2-22-25(30)23(26(31)32-17-18-9-5-3-6-10-18)24(19-13-15-20(27)16-14-19)28-29(22)21-11-7-4-8-12-21/h3-16,22,24,28,30H,2,17H2,1H3/t22-,24+/m1/s1. The molecule has 0 amide bonds. The first kappa shape index (κ1) is 21.9. The lowest BCUT2D eigenvalue weighted by molar-refractivity contribution is -0.141. The lowest BCUT2D eigenvalue weighted by atomic mass is 9.92. The Kier molecular flexibility index (Phi) is 6.78. The van der Waals surface area contributed by atoms with Gasteiger partial charge in [0, 0.05) is 5.02 Å². The number of hydrogen-bond acceptors (Lipinski definition) is 5. The first-order valence-corrected chi connectivity index (χ1v) is 11.0. The molecule has 6 heteroatoms. The summed E-state index contributed by atoms with van der Waals surface area (Å²) in [7, 11) is 0. The Bertz CT molecular complexity index is 1090. The molecule has 0 spiro atoms. The zero-order chi connectivity index (χ0) is 22.5. The van der Waals surface area contributed by atoms with Crippen molar-refractivity contribution in [3.63, 3.8) is 0 Å². The van der Waals surface area contributed by atoms with Crippen molar-refractivity contribution in [3.8, 4) is 0 Å². The molecule has 164 valence electrons. The van der Waals surface area contributed by atoms with E-state index >= 15 is 0 Å². The Morgan fingerprint density at radius 1 is 1.00 bits per heavy atom. The fourth-order valence-corrected chi connectivity index (χ4v) is 4.01. The smallest absolute Gasteiger partial charge is 0.339 e. The van der Waals surface area contributed by atoms with Crippen LogP contribution >= 0.6 is 11.6 Å².